The van der Waals surface area contributed by atoms with E-state index in [2.05, 4.69) is 15.9 Å². The average molecular weight is 297 g/mol. The fourth-order valence-corrected chi connectivity index (χ4v) is 2.18. The Morgan fingerprint density at radius 2 is 1.94 bits per heavy atom. The Kier molecular flexibility index (Phi) is 3.99. The summed E-state index contributed by atoms with van der Waals surface area (Å²) in [6.07, 6.45) is 0.241. The number of furan rings is 1. The monoisotopic (exact) mass is 296 g/mol. The van der Waals surface area contributed by atoms with Gasteiger partial charge in [-0.1, -0.05) is 30.3 Å². The molecule has 2 rings (SSSR count). The summed E-state index contributed by atoms with van der Waals surface area (Å²) in [6.45, 7) is 0. The van der Waals surface area contributed by atoms with Gasteiger partial charge in [-0.3, -0.25) is 0 Å². The zero-order valence-electron chi connectivity index (χ0n) is 9.34. The normalized spacial score (nSPS) is 14.5. The number of rotatable bonds is 4. The Morgan fingerprint density at radius 1 is 1.24 bits per heavy atom. The Labute approximate surface area is 108 Å². The number of methoxy groups -OCH3 is 1. The molecule has 0 bridgehead atoms. The maximum Gasteiger partial charge on any atom is 0.149 e. The second kappa shape index (κ2) is 5.49. The largest absolute Gasteiger partial charge is 0.465 e. The van der Waals surface area contributed by atoms with E-state index in [0.29, 0.717) is 5.76 Å². The number of ether oxygens (including phenoxy) is 1. The molecule has 0 radical (unpaired) electrons. The summed E-state index contributed by atoms with van der Waals surface area (Å²) in [4.78, 5) is 0. The van der Waals surface area contributed by atoms with E-state index in [-0.39, 0.29) is 0 Å². The molecular formula is C13H13BrO3. The van der Waals surface area contributed by atoms with Crippen LogP contribution in [0.25, 0.3) is 0 Å². The zero-order chi connectivity index (χ0) is 12.3. The molecule has 0 saturated heterocycles. The highest BCUT2D eigenvalue weighted by Crippen LogP contribution is 2.35. The van der Waals surface area contributed by atoms with Crippen LogP contribution in [-0.4, -0.2) is 12.2 Å². The predicted octanol–water partition coefficient (Wildman–Crippen LogP) is 3.46. The average Bonchev–Trinajstić information content (AvgIpc) is 2.77. The van der Waals surface area contributed by atoms with Crippen molar-refractivity contribution in [1.29, 1.82) is 0 Å². The van der Waals surface area contributed by atoms with Crippen LogP contribution in [0.4, 0.5) is 0 Å². The van der Waals surface area contributed by atoms with Crippen molar-refractivity contribution in [1.82, 2.24) is 0 Å². The predicted molar refractivity (Wildman–Crippen MR) is 67.6 cm³/mol. The van der Waals surface area contributed by atoms with E-state index >= 15 is 0 Å². The van der Waals surface area contributed by atoms with Gasteiger partial charge >= 0.3 is 0 Å². The third kappa shape index (κ3) is 2.60. The van der Waals surface area contributed by atoms with E-state index < -0.39 is 12.2 Å². The van der Waals surface area contributed by atoms with Crippen molar-refractivity contribution in [2.45, 2.75) is 12.2 Å². The second-order valence-corrected chi connectivity index (χ2v) is 4.50. The number of halogens is 1. The van der Waals surface area contributed by atoms with Crippen LogP contribution in [0.1, 0.15) is 23.5 Å². The van der Waals surface area contributed by atoms with Gasteiger partial charge < -0.3 is 14.3 Å². The molecular weight excluding hydrogens is 284 g/mol. The first kappa shape index (κ1) is 12.4. The van der Waals surface area contributed by atoms with Gasteiger partial charge in [0.2, 0.25) is 0 Å². The molecule has 2 unspecified atom stereocenters. The van der Waals surface area contributed by atoms with Gasteiger partial charge in [-0.05, 0) is 27.6 Å². The summed E-state index contributed by atoms with van der Waals surface area (Å²) in [5.41, 5.74) is 0.908. The van der Waals surface area contributed by atoms with Crippen molar-refractivity contribution in [3.63, 3.8) is 0 Å². The van der Waals surface area contributed by atoms with Crippen molar-refractivity contribution >= 4 is 15.9 Å². The lowest BCUT2D eigenvalue weighted by Gasteiger charge is -2.20. The van der Waals surface area contributed by atoms with Gasteiger partial charge in [-0.25, -0.2) is 0 Å². The minimum atomic E-state index is -0.841. The van der Waals surface area contributed by atoms with E-state index in [4.69, 9.17) is 9.15 Å². The van der Waals surface area contributed by atoms with Crippen LogP contribution >= 0.6 is 15.9 Å². The maximum absolute atomic E-state index is 10.3. The SMILES string of the molecule is COC(c1ccccc1)C(O)c1occc1Br. The maximum atomic E-state index is 10.3. The van der Waals surface area contributed by atoms with Crippen molar-refractivity contribution in [3.05, 3.63) is 58.5 Å². The van der Waals surface area contributed by atoms with E-state index in [1.54, 1.807) is 13.2 Å². The fraction of sp³-hybridized carbons (Fsp3) is 0.231. The minimum absolute atomic E-state index is 0.446. The summed E-state index contributed by atoms with van der Waals surface area (Å²) in [5, 5.41) is 10.3. The Morgan fingerprint density at radius 3 is 2.47 bits per heavy atom. The minimum Gasteiger partial charge on any atom is -0.465 e. The molecule has 2 atom stereocenters. The number of hydrogen-bond acceptors (Lipinski definition) is 3. The van der Waals surface area contributed by atoms with Gasteiger partial charge in [-0.15, -0.1) is 0 Å². The zero-order valence-corrected chi connectivity index (χ0v) is 10.9. The quantitative estimate of drug-likeness (QED) is 0.939. The molecule has 1 aromatic carbocycles. The van der Waals surface area contributed by atoms with Crippen LogP contribution < -0.4 is 0 Å². The molecule has 3 nitrogen and oxygen atoms in total. The first-order chi connectivity index (χ1) is 8.24. The highest BCUT2D eigenvalue weighted by atomic mass is 79.9. The molecule has 90 valence electrons. The number of aliphatic hydroxyl groups is 1. The van der Waals surface area contributed by atoms with Gasteiger partial charge in [0, 0.05) is 7.11 Å². The van der Waals surface area contributed by atoms with Crippen LogP contribution in [0.5, 0.6) is 0 Å². The molecule has 2 aromatic rings. The van der Waals surface area contributed by atoms with Crippen LogP contribution in [0, 0.1) is 0 Å². The topological polar surface area (TPSA) is 42.6 Å². The van der Waals surface area contributed by atoms with Crippen molar-refractivity contribution in [3.8, 4) is 0 Å². The van der Waals surface area contributed by atoms with Gasteiger partial charge in [0.15, 0.2) is 0 Å². The van der Waals surface area contributed by atoms with Crippen molar-refractivity contribution in [2.24, 2.45) is 0 Å². The molecule has 4 heteroatoms. The Bertz CT molecular complexity index is 467. The first-order valence-electron chi connectivity index (χ1n) is 5.22. The third-order valence-electron chi connectivity index (χ3n) is 2.58. The summed E-state index contributed by atoms with van der Waals surface area (Å²) in [6, 6.07) is 11.3. The lowest BCUT2D eigenvalue weighted by atomic mass is 10.0. The summed E-state index contributed by atoms with van der Waals surface area (Å²) in [7, 11) is 1.57. The molecule has 0 saturated carbocycles. The first-order valence-corrected chi connectivity index (χ1v) is 6.02. The van der Waals surface area contributed by atoms with E-state index in [0.717, 1.165) is 10.0 Å². The summed E-state index contributed by atoms with van der Waals surface area (Å²) < 4.78 is 11.3. The van der Waals surface area contributed by atoms with E-state index in [1.807, 2.05) is 30.3 Å². The molecule has 1 aromatic heterocycles. The molecule has 0 fully saturated rings. The summed E-state index contributed by atoms with van der Waals surface area (Å²) >= 11 is 3.33. The summed E-state index contributed by atoms with van der Waals surface area (Å²) in [5.74, 6) is 0.473. The van der Waals surface area contributed by atoms with Gasteiger partial charge in [0.1, 0.15) is 18.0 Å². The molecule has 1 heterocycles. The molecule has 0 aliphatic heterocycles. The molecule has 0 aliphatic rings. The van der Waals surface area contributed by atoms with Crippen LogP contribution in [-0.2, 0) is 4.74 Å². The highest BCUT2D eigenvalue weighted by molar-refractivity contribution is 9.10. The fourth-order valence-electron chi connectivity index (χ4n) is 1.74. The van der Waals surface area contributed by atoms with Crippen LogP contribution in [0.3, 0.4) is 0 Å². The van der Waals surface area contributed by atoms with E-state index in [9.17, 15) is 5.11 Å². The standard InChI is InChI=1S/C13H13BrO3/c1-16-12(9-5-3-2-4-6-9)11(15)13-10(14)7-8-17-13/h2-8,11-12,15H,1H3. The molecule has 0 amide bonds. The molecule has 1 N–H and O–H groups in total. The van der Waals surface area contributed by atoms with Crippen molar-refractivity contribution in [2.75, 3.05) is 7.11 Å². The molecule has 0 spiro atoms. The number of benzene rings is 1. The van der Waals surface area contributed by atoms with Crippen molar-refractivity contribution < 1.29 is 14.3 Å². The lowest BCUT2D eigenvalue weighted by molar-refractivity contribution is -0.0256. The van der Waals surface area contributed by atoms with Gasteiger partial charge in [-0.2, -0.15) is 0 Å². The highest BCUT2D eigenvalue weighted by Gasteiger charge is 2.26. The van der Waals surface area contributed by atoms with Gasteiger partial charge in [0.05, 0.1) is 10.7 Å². The van der Waals surface area contributed by atoms with Gasteiger partial charge in [0.25, 0.3) is 0 Å². The number of aliphatic hydroxyl groups excluding tert-OH is 1. The molecule has 17 heavy (non-hydrogen) atoms. The third-order valence-corrected chi connectivity index (χ3v) is 3.24. The Balaban J connectivity index is 2.28. The smallest absolute Gasteiger partial charge is 0.149 e. The lowest BCUT2D eigenvalue weighted by Crippen LogP contribution is -2.12. The Hall–Kier alpha value is -1.10. The van der Waals surface area contributed by atoms with Crippen LogP contribution in [0.15, 0.2) is 51.6 Å². The van der Waals surface area contributed by atoms with E-state index in [1.165, 1.54) is 6.26 Å². The molecule has 0 aliphatic carbocycles. The second-order valence-electron chi connectivity index (χ2n) is 3.64. The number of hydrogen-bond donors (Lipinski definition) is 1. The van der Waals surface area contributed by atoms with Crippen LogP contribution in [0.2, 0.25) is 0 Å².